The summed E-state index contributed by atoms with van der Waals surface area (Å²) in [5.41, 5.74) is 1.13. The SMILES string of the molecule is O=C(c1ccc(OC2CCCC2)cc1NS(=O)(=O)C1=CC=CN2SNC=C12)N1CCCCC1. The van der Waals surface area contributed by atoms with Gasteiger partial charge in [-0.15, -0.1) is 0 Å². The van der Waals surface area contributed by atoms with E-state index < -0.39 is 10.0 Å². The number of nitrogens with one attached hydrogen (secondary N) is 2. The molecule has 176 valence electrons. The van der Waals surface area contributed by atoms with Crippen molar-refractivity contribution in [1.82, 2.24) is 13.9 Å². The van der Waals surface area contributed by atoms with Gasteiger partial charge in [0.05, 0.1) is 35.2 Å². The molecule has 1 aromatic carbocycles. The lowest BCUT2D eigenvalue weighted by Gasteiger charge is -2.28. The number of ether oxygens (including phenoxy) is 1. The lowest BCUT2D eigenvalue weighted by molar-refractivity contribution is 0.0725. The van der Waals surface area contributed by atoms with Gasteiger partial charge >= 0.3 is 0 Å². The first-order valence-electron chi connectivity index (χ1n) is 11.4. The molecule has 2 N–H and O–H groups in total. The van der Waals surface area contributed by atoms with Crippen LogP contribution in [0.15, 0.2) is 53.4 Å². The maximum absolute atomic E-state index is 13.4. The number of piperidine rings is 1. The molecule has 3 heterocycles. The molecule has 33 heavy (non-hydrogen) atoms. The molecule has 0 bridgehead atoms. The molecule has 8 nitrogen and oxygen atoms in total. The van der Waals surface area contributed by atoms with Gasteiger partial charge in [0.25, 0.3) is 15.9 Å². The molecule has 1 saturated carbocycles. The third-order valence-corrected chi connectivity index (χ3v) is 8.46. The minimum Gasteiger partial charge on any atom is -0.490 e. The Labute approximate surface area is 199 Å². The van der Waals surface area contributed by atoms with Crippen molar-refractivity contribution in [2.24, 2.45) is 0 Å². The molecule has 2 fully saturated rings. The van der Waals surface area contributed by atoms with Crippen LogP contribution in [-0.2, 0) is 10.0 Å². The van der Waals surface area contributed by atoms with E-state index in [2.05, 4.69) is 9.44 Å². The summed E-state index contributed by atoms with van der Waals surface area (Å²) >= 11 is 1.29. The second kappa shape index (κ2) is 9.34. The van der Waals surface area contributed by atoms with Crippen molar-refractivity contribution < 1.29 is 17.9 Å². The van der Waals surface area contributed by atoms with E-state index >= 15 is 0 Å². The van der Waals surface area contributed by atoms with E-state index in [1.54, 1.807) is 52.0 Å². The van der Waals surface area contributed by atoms with Crippen molar-refractivity contribution in [3.63, 3.8) is 0 Å². The smallest absolute Gasteiger partial charge is 0.264 e. The predicted molar refractivity (Wildman–Crippen MR) is 129 cm³/mol. The number of sulfonamides is 1. The summed E-state index contributed by atoms with van der Waals surface area (Å²) < 4.78 is 40.4. The fraction of sp³-hybridized carbons (Fsp3) is 0.435. The Balaban J connectivity index is 1.46. The van der Waals surface area contributed by atoms with Crippen LogP contribution >= 0.6 is 12.1 Å². The van der Waals surface area contributed by atoms with E-state index in [0.29, 0.717) is 30.1 Å². The molecule has 5 rings (SSSR count). The fourth-order valence-electron chi connectivity index (χ4n) is 4.60. The van der Waals surface area contributed by atoms with Crippen LogP contribution in [0.2, 0.25) is 0 Å². The van der Waals surface area contributed by atoms with Crippen LogP contribution in [0.3, 0.4) is 0 Å². The number of rotatable bonds is 6. The highest BCUT2D eigenvalue weighted by Crippen LogP contribution is 2.35. The molecular weight excluding hydrogens is 460 g/mol. The minimum atomic E-state index is -3.95. The first-order valence-corrected chi connectivity index (χ1v) is 13.7. The summed E-state index contributed by atoms with van der Waals surface area (Å²) in [5, 5.41) is 0. The zero-order chi connectivity index (χ0) is 22.8. The number of likely N-dealkylation sites (tertiary alicyclic amines) is 1. The third kappa shape index (κ3) is 4.72. The number of allylic oxidation sites excluding steroid dienone is 2. The Kier molecular flexibility index (Phi) is 6.29. The van der Waals surface area contributed by atoms with E-state index in [9.17, 15) is 13.2 Å². The van der Waals surface area contributed by atoms with Crippen molar-refractivity contribution >= 4 is 33.8 Å². The van der Waals surface area contributed by atoms with Gasteiger partial charge in [0.2, 0.25) is 0 Å². The highest BCUT2D eigenvalue weighted by atomic mass is 32.2. The lowest BCUT2D eigenvalue weighted by Crippen LogP contribution is -2.36. The molecule has 3 aliphatic heterocycles. The van der Waals surface area contributed by atoms with Gasteiger partial charge in [-0.1, -0.05) is 0 Å². The third-order valence-electron chi connectivity index (χ3n) is 6.31. The maximum Gasteiger partial charge on any atom is 0.264 e. The van der Waals surface area contributed by atoms with Gasteiger partial charge in [0.15, 0.2) is 0 Å². The zero-order valence-corrected chi connectivity index (χ0v) is 20.0. The van der Waals surface area contributed by atoms with Crippen molar-refractivity contribution in [3.05, 3.63) is 58.9 Å². The monoisotopic (exact) mass is 488 g/mol. The van der Waals surface area contributed by atoms with Crippen molar-refractivity contribution in [2.45, 2.75) is 51.0 Å². The lowest BCUT2D eigenvalue weighted by atomic mass is 10.1. The Hall–Kier alpha value is -2.59. The first kappa shape index (κ1) is 22.2. The number of hydrogen-bond acceptors (Lipinski definition) is 7. The largest absolute Gasteiger partial charge is 0.490 e. The van der Waals surface area contributed by atoms with E-state index in [1.165, 1.54) is 12.1 Å². The van der Waals surface area contributed by atoms with Gasteiger partial charge < -0.3 is 14.4 Å². The zero-order valence-electron chi connectivity index (χ0n) is 18.3. The van der Waals surface area contributed by atoms with Gasteiger partial charge in [-0.2, -0.15) is 0 Å². The minimum absolute atomic E-state index is 0.129. The van der Waals surface area contributed by atoms with E-state index in [-0.39, 0.29) is 22.6 Å². The summed E-state index contributed by atoms with van der Waals surface area (Å²) in [4.78, 5) is 15.3. The summed E-state index contributed by atoms with van der Waals surface area (Å²) in [6, 6.07) is 5.12. The normalized spacial score (nSPS) is 20.7. The number of hydrogen-bond donors (Lipinski definition) is 2. The topological polar surface area (TPSA) is 91.0 Å². The van der Waals surface area contributed by atoms with Crippen molar-refractivity contribution in [1.29, 1.82) is 0 Å². The molecule has 1 aromatic rings. The van der Waals surface area contributed by atoms with Crippen LogP contribution in [0.5, 0.6) is 5.75 Å². The number of anilines is 1. The Morgan fingerprint density at radius 3 is 2.70 bits per heavy atom. The second-order valence-corrected chi connectivity index (χ2v) is 11.1. The molecule has 0 aromatic heterocycles. The quantitative estimate of drug-likeness (QED) is 0.583. The van der Waals surface area contributed by atoms with Gasteiger partial charge in [-0.3, -0.25) is 13.8 Å². The van der Waals surface area contributed by atoms with Crippen LogP contribution < -0.4 is 14.2 Å². The van der Waals surface area contributed by atoms with E-state index in [0.717, 1.165) is 44.9 Å². The summed E-state index contributed by atoms with van der Waals surface area (Å²) in [6.07, 6.45) is 14.1. The number of carbonyl (C=O) groups is 1. The number of carbonyl (C=O) groups excluding carboxylic acids is 1. The Morgan fingerprint density at radius 1 is 1.12 bits per heavy atom. The van der Waals surface area contributed by atoms with Crippen LogP contribution in [0, 0.1) is 0 Å². The molecule has 1 amide bonds. The predicted octanol–water partition coefficient (Wildman–Crippen LogP) is 4.10. The van der Waals surface area contributed by atoms with Gasteiger partial charge in [0, 0.05) is 31.6 Å². The number of fused-ring (bicyclic) bond motifs is 1. The first-order chi connectivity index (χ1) is 16.0. The van der Waals surface area contributed by atoms with E-state index in [1.807, 2.05) is 0 Å². The molecule has 0 spiro atoms. The van der Waals surface area contributed by atoms with Gasteiger partial charge in [-0.25, -0.2) is 8.42 Å². The molecule has 0 radical (unpaired) electrons. The van der Waals surface area contributed by atoms with Gasteiger partial charge in [-0.05, 0) is 69.2 Å². The average Bonchev–Trinajstić information content (AvgIpc) is 3.51. The molecule has 0 unspecified atom stereocenters. The van der Waals surface area contributed by atoms with Crippen LogP contribution in [0.1, 0.15) is 55.3 Å². The standard InChI is InChI=1S/C23H28N4O4S2/c28-23(26-12-4-1-5-13-26)19-11-10-18(31-17-7-2-3-8-17)15-20(19)25-33(29,30)22-9-6-14-27-21(22)16-24-32-27/h6,9-11,14-17,24-25H,1-5,7-8,12-13H2. The number of nitrogens with zero attached hydrogens (tertiary/aromatic N) is 2. The molecule has 4 aliphatic rings. The summed E-state index contributed by atoms with van der Waals surface area (Å²) in [5.74, 6) is 0.419. The molecule has 1 saturated heterocycles. The highest BCUT2D eigenvalue weighted by molar-refractivity contribution is 7.97. The van der Waals surface area contributed by atoms with Crippen LogP contribution in [0.4, 0.5) is 5.69 Å². The van der Waals surface area contributed by atoms with Crippen molar-refractivity contribution in [2.75, 3.05) is 17.8 Å². The van der Waals surface area contributed by atoms with Gasteiger partial charge in [0.1, 0.15) is 10.7 Å². The number of amides is 1. The summed E-state index contributed by atoms with van der Waals surface area (Å²) in [6.45, 7) is 1.37. The molecule has 0 atom stereocenters. The second-order valence-electron chi connectivity index (χ2n) is 8.63. The maximum atomic E-state index is 13.4. The fourth-order valence-corrected chi connectivity index (χ4v) is 6.57. The molecule has 1 aliphatic carbocycles. The van der Waals surface area contributed by atoms with Crippen LogP contribution in [-0.4, -0.2) is 42.7 Å². The average molecular weight is 489 g/mol. The summed E-state index contributed by atoms with van der Waals surface area (Å²) in [7, 11) is -3.95. The van der Waals surface area contributed by atoms with Crippen LogP contribution in [0.25, 0.3) is 0 Å². The Bertz CT molecular complexity index is 1120. The Morgan fingerprint density at radius 2 is 1.91 bits per heavy atom. The van der Waals surface area contributed by atoms with E-state index in [4.69, 9.17) is 4.74 Å². The molecular formula is C23H28N4O4S2. The number of benzene rings is 1. The highest BCUT2D eigenvalue weighted by Gasteiger charge is 2.31. The molecule has 10 heteroatoms. The van der Waals surface area contributed by atoms with Crippen molar-refractivity contribution in [3.8, 4) is 5.75 Å².